The fourth-order valence-corrected chi connectivity index (χ4v) is 3.80. The van der Waals surface area contributed by atoms with E-state index in [1.54, 1.807) is 4.90 Å². The monoisotopic (exact) mass is 338 g/mol. The van der Waals surface area contributed by atoms with E-state index in [1.165, 1.54) is 0 Å². The minimum absolute atomic E-state index is 0.0508. The average Bonchev–Trinajstić information content (AvgIpc) is 2.83. The van der Waals surface area contributed by atoms with Crippen molar-refractivity contribution >= 4 is 15.9 Å². The number of aryl methyl sites for hydroxylation is 1. The first-order chi connectivity index (χ1) is 11.1. The quantitative estimate of drug-likeness (QED) is 0.826. The van der Waals surface area contributed by atoms with Crippen LogP contribution in [0.25, 0.3) is 0 Å². The zero-order chi connectivity index (χ0) is 16.5. The lowest BCUT2D eigenvalue weighted by Gasteiger charge is -2.20. The van der Waals surface area contributed by atoms with E-state index in [4.69, 9.17) is 0 Å². The van der Waals surface area contributed by atoms with Crippen LogP contribution in [-0.2, 0) is 21.2 Å². The second-order valence-corrected chi connectivity index (χ2v) is 7.95. The molecule has 1 heterocycles. The molecule has 0 spiro atoms. The van der Waals surface area contributed by atoms with Crippen molar-refractivity contribution in [3.05, 3.63) is 35.9 Å². The molecule has 0 aliphatic carbocycles. The number of amides is 1. The van der Waals surface area contributed by atoms with Crippen molar-refractivity contribution in [1.29, 1.82) is 0 Å². The maximum atomic E-state index is 12.1. The predicted molar refractivity (Wildman–Crippen MR) is 91.6 cm³/mol. The van der Waals surface area contributed by atoms with Crippen LogP contribution in [-0.4, -0.2) is 44.6 Å². The number of nitrogens with one attached hydrogen (secondary N) is 1. The number of carbonyl (C=O) groups is 1. The number of hydrogen-bond acceptors (Lipinski definition) is 3. The van der Waals surface area contributed by atoms with E-state index in [0.717, 1.165) is 50.8 Å². The van der Waals surface area contributed by atoms with E-state index < -0.39 is 10.0 Å². The Labute approximate surface area is 139 Å². The Morgan fingerprint density at radius 3 is 2.35 bits per heavy atom. The highest BCUT2D eigenvalue weighted by Crippen LogP contribution is 2.09. The topological polar surface area (TPSA) is 66.5 Å². The van der Waals surface area contributed by atoms with Crippen molar-refractivity contribution < 1.29 is 13.2 Å². The van der Waals surface area contributed by atoms with Crippen molar-refractivity contribution in [1.82, 2.24) is 9.62 Å². The van der Waals surface area contributed by atoms with E-state index in [-0.39, 0.29) is 18.2 Å². The number of nitrogens with zero attached hydrogens (tertiary/aromatic N) is 1. The van der Waals surface area contributed by atoms with Crippen LogP contribution >= 0.6 is 0 Å². The van der Waals surface area contributed by atoms with Crippen molar-refractivity contribution in [2.75, 3.05) is 25.4 Å². The van der Waals surface area contributed by atoms with E-state index in [1.807, 2.05) is 30.3 Å². The predicted octanol–water partition coefficient (Wildman–Crippen LogP) is 1.94. The first-order valence-electron chi connectivity index (χ1n) is 8.36. The Hall–Kier alpha value is -1.40. The summed E-state index contributed by atoms with van der Waals surface area (Å²) in [5.41, 5.74) is 1.13. The molecular formula is C17H26N2O3S. The van der Waals surface area contributed by atoms with Gasteiger partial charge in [0.05, 0.1) is 12.3 Å². The van der Waals surface area contributed by atoms with Gasteiger partial charge >= 0.3 is 0 Å². The van der Waals surface area contributed by atoms with Gasteiger partial charge in [-0.3, -0.25) is 4.79 Å². The third-order valence-electron chi connectivity index (χ3n) is 4.12. The van der Waals surface area contributed by atoms with Gasteiger partial charge in [0.2, 0.25) is 15.9 Å². The van der Waals surface area contributed by atoms with Crippen LogP contribution < -0.4 is 4.72 Å². The molecule has 1 N–H and O–H groups in total. The van der Waals surface area contributed by atoms with Gasteiger partial charge in [-0.25, -0.2) is 13.1 Å². The molecule has 2 rings (SSSR count). The largest absolute Gasteiger partial charge is 0.342 e. The fourth-order valence-electron chi connectivity index (χ4n) is 2.79. The number of likely N-dealkylation sites (tertiary alicyclic amines) is 1. The van der Waals surface area contributed by atoms with Gasteiger partial charge in [-0.05, 0) is 31.2 Å². The van der Waals surface area contributed by atoms with Crippen LogP contribution in [0.5, 0.6) is 0 Å². The minimum Gasteiger partial charge on any atom is -0.342 e. The van der Waals surface area contributed by atoms with E-state index >= 15 is 0 Å². The maximum absolute atomic E-state index is 12.1. The smallest absolute Gasteiger partial charge is 0.237 e. The summed E-state index contributed by atoms with van der Waals surface area (Å²) >= 11 is 0. The van der Waals surface area contributed by atoms with Gasteiger partial charge in [0, 0.05) is 13.1 Å². The fraction of sp³-hybridized carbons (Fsp3) is 0.588. The number of hydrogen-bond donors (Lipinski definition) is 1. The molecule has 23 heavy (non-hydrogen) atoms. The molecule has 0 bridgehead atoms. The SMILES string of the molecule is O=C(CNS(=O)(=O)CCCc1ccccc1)N1CCCCCC1. The lowest BCUT2D eigenvalue weighted by Crippen LogP contribution is -2.41. The van der Waals surface area contributed by atoms with Gasteiger partial charge in [0.15, 0.2) is 0 Å². The third-order valence-corrected chi connectivity index (χ3v) is 5.53. The normalized spacial score (nSPS) is 16.1. The Balaban J connectivity index is 1.71. The number of sulfonamides is 1. The van der Waals surface area contributed by atoms with Crippen molar-refractivity contribution in [3.63, 3.8) is 0 Å². The molecular weight excluding hydrogens is 312 g/mol. The van der Waals surface area contributed by atoms with Gasteiger partial charge in [-0.2, -0.15) is 0 Å². The Bertz CT molecular complexity index is 579. The number of rotatable bonds is 7. The molecule has 1 aromatic carbocycles. The average molecular weight is 338 g/mol. The summed E-state index contributed by atoms with van der Waals surface area (Å²) in [4.78, 5) is 13.9. The minimum atomic E-state index is -3.39. The van der Waals surface area contributed by atoms with Crippen LogP contribution in [0, 0.1) is 0 Å². The van der Waals surface area contributed by atoms with Crippen LogP contribution in [0.15, 0.2) is 30.3 Å². The summed E-state index contributed by atoms with van der Waals surface area (Å²) in [7, 11) is -3.39. The van der Waals surface area contributed by atoms with Crippen LogP contribution in [0.3, 0.4) is 0 Å². The van der Waals surface area contributed by atoms with Gasteiger partial charge in [0.25, 0.3) is 0 Å². The van der Waals surface area contributed by atoms with Crippen LogP contribution in [0.4, 0.5) is 0 Å². The molecule has 1 saturated heterocycles. The molecule has 1 amide bonds. The summed E-state index contributed by atoms with van der Waals surface area (Å²) in [6.45, 7) is 1.37. The highest BCUT2D eigenvalue weighted by atomic mass is 32.2. The Morgan fingerprint density at radius 2 is 1.70 bits per heavy atom. The molecule has 1 fully saturated rings. The lowest BCUT2D eigenvalue weighted by molar-refractivity contribution is -0.129. The second kappa shape index (κ2) is 9.03. The highest BCUT2D eigenvalue weighted by molar-refractivity contribution is 7.89. The maximum Gasteiger partial charge on any atom is 0.237 e. The van der Waals surface area contributed by atoms with Gasteiger partial charge < -0.3 is 4.90 Å². The van der Waals surface area contributed by atoms with Gasteiger partial charge in [-0.1, -0.05) is 43.2 Å². The molecule has 1 aliphatic rings. The Morgan fingerprint density at radius 1 is 1.04 bits per heavy atom. The van der Waals surface area contributed by atoms with Crippen LogP contribution in [0.2, 0.25) is 0 Å². The van der Waals surface area contributed by atoms with Crippen molar-refractivity contribution in [3.8, 4) is 0 Å². The number of benzene rings is 1. The van der Waals surface area contributed by atoms with Crippen molar-refractivity contribution in [2.24, 2.45) is 0 Å². The summed E-state index contributed by atoms with van der Waals surface area (Å²) < 4.78 is 26.4. The molecule has 0 saturated carbocycles. The summed E-state index contributed by atoms with van der Waals surface area (Å²) in [6, 6.07) is 9.81. The zero-order valence-electron chi connectivity index (χ0n) is 13.5. The summed E-state index contributed by atoms with van der Waals surface area (Å²) in [5, 5.41) is 0. The summed E-state index contributed by atoms with van der Waals surface area (Å²) in [6.07, 6.45) is 5.59. The van der Waals surface area contributed by atoms with E-state index in [2.05, 4.69) is 4.72 Å². The highest BCUT2D eigenvalue weighted by Gasteiger charge is 2.18. The number of carbonyl (C=O) groups excluding carboxylic acids is 1. The van der Waals surface area contributed by atoms with E-state index in [9.17, 15) is 13.2 Å². The summed E-state index contributed by atoms with van der Waals surface area (Å²) in [5.74, 6) is -0.0617. The molecule has 0 unspecified atom stereocenters. The van der Waals surface area contributed by atoms with Gasteiger partial charge in [0.1, 0.15) is 0 Å². The van der Waals surface area contributed by atoms with E-state index in [0.29, 0.717) is 6.42 Å². The third kappa shape index (κ3) is 6.71. The van der Waals surface area contributed by atoms with Crippen LogP contribution in [0.1, 0.15) is 37.7 Å². The first kappa shape index (κ1) is 17.9. The van der Waals surface area contributed by atoms with Crippen molar-refractivity contribution in [2.45, 2.75) is 38.5 Å². The standard InChI is InChI=1S/C17H26N2O3S/c20-17(19-12-6-1-2-7-13-19)15-18-23(21,22)14-8-11-16-9-4-3-5-10-16/h3-5,9-10,18H,1-2,6-8,11-15H2. The second-order valence-electron chi connectivity index (χ2n) is 6.02. The molecule has 0 aromatic heterocycles. The molecule has 5 nitrogen and oxygen atoms in total. The van der Waals surface area contributed by atoms with Gasteiger partial charge in [-0.15, -0.1) is 0 Å². The molecule has 0 atom stereocenters. The molecule has 1 aliphatic heterocycles. The molecule has 0 radical (unpaired) electrons. The molecule has 1 aromatic rings. The lowest BCUT2D eigenvalue weighted by atomic mass is 10.1. The Kier molecular flexibility index (Phi) is 7.05. The molecule has 6 heteroatoms. The molecule has 128 valence electrons. The first-order valence-corrected chi connectivity index (χ1v) is 10.0. The zero-order valence-corrected chi connectivity index (χ0v) is 14.4.